The van der Waals surface area contributed by atoms with Crippen molar-refractivity contribution in [1.82, 2.24) is 29.7 Å². The van der Waals surface area contributed by atoms with Crippen LogP contribution in [0.4, 0.5) is 5.82 Å². The average Bonchev–Trinajstić information content (AvgIpc) is 2.98. The number of aryl methyl sites for hydroxylation is 1. The lowest BCUT2D eigenvalue weighted by molar-refractivity contribution is 0.0999. The molecule has 8 heteroatoms. The molecule has 21 heavy (non-hydrogen) atoms. The van der Waals surface area contributed by atoms with Crippen LogP contribution in [-0.4, -0.2) is 29.7 Å². The molecule has 2 N–H and O–H groups in total. The number of nitrogen functional groups attached to an aromatic ring is 1. The molecule has 0 saturated carbocycles. The Morgan fingerprint density at radius 3 is 2.90 bits per heavy atom. The Hall–Kier alpha value is -2.77. The Labute approximate surface area is 125 Å². The van der Waals surface area contributed by atoms with E-state index >= 15 is 0 Å². The molecule has 0 aliphatic rings. The number of nitrogens with two attached hydrogens (primary N) is 1. The van der Waals surface area contributed by atoms with Gasteiger partial charge in [0, 0.05) is 11.1 Å². The number of pyridine rings is 1. The minimum atomic E-state index is -2.40. The summed E-state index contributed by atoms with van der Waals surface area (Å²) < 4.78 is 28.8. The highest BCUT2D eigenvalue weighted by molar-refractivity contribution is 5.92. The third kappa shape index (κ3) is 2.35. The maximum atomic E-state index is 7.36. The van der Waals surface area contributed by atoms with Crippen molar-refractivity contribution < 1.29 is 8.85 Å². The van der Waals surface area contributed by atoms with Gasteiger partial charge >= 0.3 is 0 Å². The molecule has 0 unspecified atom stereocenters. The zero-order chi connectivity index (χ0) is 17.5. The Bertz CT molecular complexity index is 885. The van der Waals surface area contributed by atoms with Crippen LogP contribution in [0.2, 0.25) is 0 Å². The summed E-state index contributed by atoms with van der Waals surface area (Å²) in [5.41, 5.74) is 5.43. The average molecular weight is 288 g/mol. The van der Waals surface area contributed by atoms with E-state index in [0.717, 1.165) is 11.0 Å². The van der Waals surface area contributed by atoms with Crippen molar-refractivity contribution in [3.63, 3.8) is 0 Å². The molecule has 0 spiro atoms. The molecular formula is C13H15N7O. The Balaban J connectivity index is 2.00. The first-order valence-corrected chi connectivity index (χ1v) is 6.14. The highest BCUT2D eigenvalue weighted by atomic mass is 16.5. The van der Waals surface area contributed by atoms with E-state index < -0.39 is 12.6 Å². The molecule has 0 aliphatic carbocycles. The van der Waals surface area contributed by atoms with Gasteiger partial charge in [0.25, 0.3) is 0 Å². The zero-order valence-electron chi connectivity index (χ0n) is 14.5. The van der Waals surface area contributed by atoms with E-state index in [9.17, 15) is 0 Å². The predicted octanol–water partition coefficient (Wildman–Crippen LogP) is 1.05. The van der Waals surface area contributed by atoms with Crippen LogP contribution >= 0.6 is 0 Å². The molecule has 3 aromatic rings. The summed E-state index contributed by atoms with van der Waals surface area (Å²) >= 11 is 0. The van der Waals surface area contributed by atoms with Crippen LogP contribution in [0.5, 0.6) is 5.75 Å². The molecule has 3 aromatic heterocycles. The van der Waals surface area contributed by atoms with Crippen LogP contribution in [0.15, 0.2) is 25.0 Å². The van der Waals surface area contributed by atoms with Gasteiger partial charge in [-0.25, -0.2) is 15.0 Å². The minimum Gasteiger partial charge on any atom is -0.477 e. The highest BCUT2D eigenvalue weighted by Crippen LogP contribution is 2.32. The molecule has 0 amide bonds. The first kappa shape index (κ1) is 10.0. The smallest absolute Gasteiger partial charge is 0.193 e. The van der Waals surface area contributed by atoms with Crippen LogP contribution < -0.4 is 10.5 Å². The number of fused-ring (bicyclic) bond motifs is 1. The van der Waals surface area contributed by atoms with Crippen molar-refractivity contribution in [2.75, 3.05) is 5.73 Å². The topological polar surface area (TPSA) is 105 Å². The number of hydrogen-bond donors (Lipinski definition) is 1. The van der Waals surface area contributed by atoms with E-state index in [1.165, 1.54) is 12.5 Å². The summed E-state index contributed by atoms with van der Waals surface area (Å²) in [5.74, 6) is 0.834. The molecule has 0 atom stereocenters. The monoisotopic (exact) mass is 288 g/mol. The fraction of sp³-hybridized carbons (Fsp3) is 0.308. The lowest BCUT2D eigenvalue weighted by Gasteiger charge is -2.24. The molecule has 3 rings (SSSR count). The molecule has 0 aliphatic heterocycles. The lowest BCUT2D eigenvalue weighted by atomic mass is 10.1. The van der Waals surface area contributed by atoms with Gasteiger partial charge in [0.1, 0.15) is 18.5 Å². The molecule has 108 valence electrons. The molecule has 0 radical (unpaired) electrons. The second kappa shape index (κ2) is 4.65. The number of aromatic nitrogens is 6. The summed E-state index contributed by atoms with van der Waals surface area (Å²) in [5, 5.41) is 4.51. The Morgan fingerprint density at radius 2 is 2.14 bits per heavy atom. The summed E-state index contributed by atoms with van der Waals surface area (Å²) in [6.07, 6.45) is 5.53. The van der Waals surface area contributed by atoms with Crippen LogP contribution in [0.3, 0.4) is 0 Å². The van der Waals surface area contributed by atoms with Gasteiger partial charge < -0.3 is 10.5 Å². The van der Waals surface area contributed by atoms with Gasteiger partial charge in [-0.1, -0.05) is 0 Å². The van der Waals surface area contributed by atoms with Gasteiger partial charge in [-0.05, 0) is 13.8 Å². The van der Waals surface area contributed by atoms with Crippen molar-refractivity contribution in [3.05, 3.63) is 30.9 Å². The van der Waals surface area contributed by atoms with Gasteiger partial charge in [0.15, 0.2) is 17.2 Å². The standard InChI is InChI=1S/C13H15N7O/c1-13(2,12-18-7-20(3)19-12)21-9-5-15-4-8-10(9)11(14)17-6-16-8/h4-7H,1-3H3,(H2,14,16,17)/i3D3. The molecular weight excluding hydrogens is 270 g/mol. The summed E-state index contributed by atoms with van der Waals surface area (Å²) in [7, 11) is 0. The molecule has 0 bridgehead atoms. The van der Waals surface area contributed by atoms with Crippen molar-refractivity contribution >= 4 is 16.7 Å². The van der Waals surface area contributed by atoms with Gasteiger partial charge in [-0.15, -0.1) is 0 Å². The Kier molecular flexibility index (Phi) is 2.22. The minimum absolute atomic E-state index is 0.214. The van der Waals surface area contributed by atoms with Gasteiger partial charge in [-0.3, -0.25) is 9.67 Å². The van der Waals surface area contributed by atoms with E-state index in [-0.39, 0.29) is 11.6 Å². The van der Waals surface area contributed by atoms with E-state index in [1.807, 2.05) is 0 Å². The maximum Gasteiger partial charge on any atom is 0.193 e. The second-order valence-corrected chi connectivity index (χ2v) is 4.92. The van der Waals surface area contributed by atoms with Crippen molar-refractivity contribution in [2.24, 2.45) is 6.98 Å². The number of hydrogen-bond acceptors (Lipinski definition) is 7. The summed E-state index contributed by atoms with van der Waals surface area (Å²) in [4.78, 5) is 16.2. The summed E-state index contributed by atoms with van der Waals surface area (Å²) in [6.45, 7) is 1.02. The number of anilines is 1. The third-order valence-electron chi connectivity index (χ3n) is 2.94. The predicted molar refractivity (Wildman–Crippen MR) is 76.4 cm³/mol. The number of nitrogens with zero attached hydrogens (tertiary/aromatic N) is 6. The lowest BCUT2D eigenvalue weighted by Crippen LogP contribution is -2.27. The number of rotatable bonds is 3. The largest absolute Gasteiger partial charge is 0.477 e. The fourth-order valence-electron chi connectivity index (χ4n) is 1.94. The summed E-state index contributed by atoms with van der Waals surface area (Å²) in [6, 6.07) is 0. The normalized spacial score (nSPS) is 14.5. The molecule has 0 aromatic carbocycles. The molecule has 0 fully saturated rings. The SMILES string of the molecule is [2H]C([2H])([2H])n1cnc(C(C)(C)Oc2cncc3ncnc(N)c23)n1. The first-order valence-electron chi connectivity index (χ1n) is 7.64. The van der Waals surface area contributed by atoms with Crippen LogP contribution in [0.1, 0.15) is 23.8 Å². The maximum absolute atomic E-state index is 7.36. The van der Waals surface area contributed by atoms with E-state index in [2.05, 4.69) is 25.0 Å². The van der Waals surface area contributed by atoms with Crippen LogP contribution in [0.25, 0.3) is 10.9 Å². The fourth-order valence-corrected chi connectivity index (χ4v) is 1.94. The van der Waals surface area contributed by atoms with Gasteiger partial charge in [0.05, 0.1) is 23.3 Å². The number of ether oxygens (including phenoxy) is 1. The van der Waals surface area contributed by atoms with Crippen molar-refractivity contribution in [1.29, 1.82) is 0 Å². The van der Waals surface area contributed by atoms with Crippen molar-refractivity contribution in [3.8, 4) is 5.75 Å². The quantitative estimate of drug-likeness (QED) is 0.768. The zero-order valence-corrected chi connectivity index (χ0v) is 11.5. The van der Waals surface area contributed by atoms with E-state index in [1.54, 1.807) is 20.0 Å². The third-order valence-corrected chi connectivity index (χ3v) is 2.94. The highest BCUT2D eigenvalue weighted by Gasteiger charge is 2.28. The Morgan fingerprint density at radius 1 is 1.29 bits per heavy atom. The van der Waals surface area contributed by atoms with Crippen molar-refractivity contribution in [2.45, 2.75) is 19.4 Å². The first-order chi connectivity index (χ1) is 11.2. The van der Waals surface area contributed by atoms with E-state index in [0.29, 0.717) is 16.7 Å². The van der Waals surface area contributed by atoms with Crippen LogP contribution in [0, 0.1) is 0 Å². The molecule has 8 nitrogen and oxygen atoms in total. The van der Waals surface area contributed by atoms with E-state index in [4.69, 9.17) is 14.6 Å². The van der Waals surface area contributed by atoms with Gasteiger partial charge in [0.2, 0.25) is 0 Å². The second-order valence-electron chi connectivity index (χ2n) is 4.92. The van der Waals surface area contributed by atoms with Gasteiger partial charge in [-0.2, -0.15) is 5.10 Å². The molecule has 3 heterocycles. The van der Waals surface area contributed by atoms with Crippen LogP contribution in [-0.2, 0) is 12.6 Å². The molecule has 0 saturated heterocycles.